The standard InChI is InChI=1S/C16H20N8O/c1-11-8-22(9-15-18-16(21-25-15)12-2-3-12)6-7-23(11)14-5-4-13-19-17-10-24(13)20-14/h4-5,10-12H,2-3,6-9H2,1H3/t11-/m0/s1. The molecule has 0 radical (unpaired) electrons. The predicted molar refractivity (Wildman–Crippen MR) is 89.1 cm³/mol. The van der Waals surface area contributed by atoms with Crippen LogP contribution in [0.5, 0.6) is 0 Å². The number of rotatable bonds is 4. The summed E-state index contributed by atoms with van der Waals surface area (Å²) in [6.45, 7) is 5.71. The van der Waals surface area contributed by atoms with Crippen molar-refractivity contribution in [3.05, 3.63) is 30.2 Å². The van der Waals surface area contributed by atoms with Crippen LogP contribution in [0.1, 0.15) is 37.4 Å². The van der Waals surface area contributed by atoms with Crippen LogP contribution in [0.15, 0.2) is 23.0 Å². The van der Waals surface area contributed by atoms with Gasteiger partial charge in [0, 0.05) is 31.6 Å². The Kier molecular flexibility index (Phi) is 3.40. The van der Waals surface area contributed by atoms with Crippen molar-refractivity contribution in [2.75, 3.05) is 24.5 Å². The second-order valence-corrected chi connectivity index (χ2v) is 6.92. The van der Waals surface area contributed by atoms with Gasteiger partial charge in [-0.2, -0.15) is 9.50 Å². The summed E-state index contributed by atoms with van der Waals surface area (Å²) < 4.78 is 7.12. The summed E-state index contributed by atoms with van der Waals surface area (Å²) in [4.78, 5) is 9.22. The first kappa shape index (κ1) is 14.8. The lowest BCUT2D eigenvalue weighted by Crippen LogP contribution is -2.52. The largest absolute Gasteiger partial charge is 0.350 e. The van der Waals surface area contributed by atoms with Crippen LogP contribution in [0.3, 0.4) is 0 Å². The van der Waals surface area contributed by atoms with Crippen LogP contribution in [-0.4, -0.2) is 60.5 Å². The molecule has 4 heterocycles. The fraction of sp³-hybridized carbons (Fsp3) is 0.562. The van der Waals surface area contributed by atoms with Crippen molar-refractivity contribution >= 4 is 11.5 Å². The van der Waals surface area contributed by atoms with Gasteiger partial charge in [0.25, 0.3) is 0 Å². The van der Waals surface area contributed by atoms with Crippen LogP contribution >= 0.6 is 0 Å². The molecule has 1 atom stereocenters. The van der Waals surface area contributed by atoms with Crippen molar-refractivity contribution in [1.82, 2.24) is 34.9 Å². The molecule has 3 aromatic heterocycles. The number of hydrogen-bond donors (Lipinski definition) is 0. The Morgan fingerprint density at radius 1 is 1.24 bits per heavy atom. The number of fused-ring (bicyclic) bond motifs is 1. The normalized spacial score (nSPS) is 22.0. The average molecular weight is 340 g/mol. The van der Waals surface area contributed by atoms with Gasteiger partial charge in [0.1, 0.15) is 12.1 Å². The first-order chi connectivity index (χ1) is 12.3. The van der Waals surface area contributed by atoms with Crippen molar-refractivity contribution in [2.24, 2.45) is 0 Å². The lowest BCUT2D eigenvalue weighted by molar-refractivity contribution is 0.193. The zero-order valence-corrected chi connectivity index (χ0v) is 14.1. The summed E-state index contributed by atoms with van der Waals surface area (Å²) in [6.07, 6.45) is 4.02. The van der Waals surface area contributed by atoms with Gasteiger partial charge in [0.05, 0.1) is 6.54 Å². The highest BCUT2D eigenvalue weighted by Crippen LogP contribution is 2.38. The minimum Gasteiger partial charge on any atom is -0.350 e. The Bertz CT molecular complexity index is 885. The molecule has 0 bridgehead atoms. The summed E-state index contributed by atoms with van der Waals surface area (Å²) in [5, 5.41) is 16.6. The summed E-state index contributed by atoms with van der Waals surface area (Å²) in [7, 11) is 0. The summed E-state index contributed by atoms with van der Waals surface area (Å²) in [5.41, 5.74) is 0.762. The van der Waals surface area contributed by atoms with Crippen LogP contribution in [0.2, 0.25) is 0 Å². The minimum atomic E-state index is 0.348. The van der Waals surface area contributed by atoms with E-state index in [0.717, 1.165) is 49.4 Å². The Labute approximate surface area is 144 Å². The van der Waals surface area contributed by atoms with Crippen LogP contribution in [0.25, 0.3) is 5.65 Å². The van der Waals surface area contributed by atoms with E-state index in [1.807, 2.05) is 12.1 Å². The Morgan fingerprint density at radius 3 is 3.00 bits per heavy atom. The first-order valence-corrected chi connectivity index (χ1v) is 8.75. The highest BCUT2D eigenvalue weighted by molar-refractivity contribution is 5.46. The van der Waals surface area contributed by atoms with Crippen molar-refractivity contribution in [2.45, 2.75) is 38.3 Å². The molecular weight excluding hydrogens is 320 g/mol. The molecule has 0 amide bonds. The smallest absolute Gasteiger partial charge is 0.240 e. The van der Waals surface area contributed by atoms with Gasteiger partial charge in [-0.3, -0.25) is 4.90 Å². The van der Waals surface area contributed by atoms with E-state index >= 15 is 0 Å². The highest BCUT2D eigenvalue weighted by atomic mass is 16.5. The second-order valence-electron chi connectivity index (χ2n) is 6.92. The van der Waals surface area contributed by atoms with Crippen LogP contribution in [-0.2, 0) is 6.54 Å². The van der Waals surface area contributed by atoms with E-state index in [0.29, 0.717) is 12.0 Å². The molecule has 2 fully saturated rings. The molecule has 2 aliphatic rings. The average Bonchev–Trinajstić information content (AvgIpc) is 3.17. The molecular formula is C16H20N8O. The van der Waals surface area contributed by atoms with Crippen molar-refractivity contribution in [3.8, 4) is 0 Å². The Balaban J connectivity index is 1.26. The molecule has 1 saturated heterocycles. The molecule has 130 valence electrons. The van der Waals surface area contributed by atoms with E-state index < -0.39 is 0 Å². The van der Waals surface area contributed by atoms with E-state index in [2.05, 4.69) is 42.2 Å². The Morgan fingerprint density at radius 2 is 2.16 bits per heavy atom. The Hall–Kier alpha value is -2.55. The maximum atomic E-state index is 5.41. The van der Waals surface area contributed by atoms with Crippen LogP contribution in [0, 0.1) is 0 Å². The zero-order chi connectivity index (χ0) is 16.8. The monoisotopic (exact) mass is 340 g/mol. The van der Waals surface area contributed by atoms with Gasteiger partial charge in [0.15, 0.2) is 11.5 Å². The van der Waals surface area contributed by atoms with Gasteiger partial charge in [0.2, 0.25) is 5.89 Å². The topological polar surface area (TPSA) is 88.5 Å². The molecule has 9 heteroatoms. The molecule has 0 N–H and O–H groups in total. The first-order valence-electron chi connectivity index (χ1n) is 8.75. The lowest BCUT2D eigenvalue weighted by atomic mass is 10.2. The van der Waals surface area contributed by atoms with E-state index in [1.54, 1.807) is 10.8 Å². The van der Waals surface area contributed by atoms with E-state index in [4.69, 9.17) is 4.52 Å². The third-order valence-corrected chi connectivity index (χ3v) is 4.94. The fourth-order valence-corrected chi connectivity index (χ4v) is 3.42. The van der Waals surface area contributed by atoms with Gasteiger partial charge >= 0.3 is 0 Å². The van der Waals surface area contributed by atoms with E-state index in [9.17, 15) is 0 Å². The van der Waals surface area contributed by atoms with Gasteiger partial charge in [-0.15, -0.1) is 15.3 Å². The number of aromatic nitrogens is 6. The number of anilines is 1. The van der Waals surface area contributed by atoms with E-state index in [-0.39, 0.29) is 0 Å². The summed E-state index contributed by atoms with van der Waals surface area (Å²) >= 11 is 0. The van der Waals surface area contributed by atoms with Gasteiger partial charge in [-0.1, -0.05) is 5.16 Å². The van der Waals surface area contributed by atoms with Crippen LogP contribution in [0.4, 0.5) is 5.82 Å². The lowest BCUT2D eigenvalue weighted by Gasteiger charge is -2.39. The molecule has 0 aromatic carbocycles. The molecule has 25 heavy (non-hydrogen) atoms. The number of piperazine rings is 1. The quantitative estimate of drug-likeness (QED) is 0.697. The third-order valence-electron chi connectivity index (χ3n) is 4.94. The molecule has 9 nitrogen and oxygen atoms in total. The molecule has 1 aliphatic heterocycles. The third kappa shape index (κ3) is 2.84. The summed E-state index contributed by atoms with van der Waals surface area (Å²) in [5.74, 6) is 3.10. The second kappa shape index (κ2) is 5.76. The van der Waals surface area contributed by atoms with Crippen LogP contribution < -0.4 is 4.90 Å². The van der Waals surface area contributed by atoms with E-state index in [1.165, 1.54) is 12.8 Å². The SMILES string of the molecule is C[C@H]1CN(Cc2nc(C3CC3)no2)CCN1c1ccc2nncn2n1. The highest BCUT2D eigenvalue weighted by Gasteiger charge is 2.30. The minimum absolute atomic E-state index is 0.348. The van der Waals surface area contributed by atoms with Gasteiger partial charge in [-0.25, -0.2) is 0 Å². The predicted octanol–water partition coefficient (Wildman–Crippen LogP) is 1.10. The maximum Gasteiger partial charge on any atom is 0.240 e. The maximum absolute atomic E-state index is 5.41. The van der Waals surface area contributed by atoms with Crippen molar-refractivity contribution in [3.63, 3.8) is 0 Å². The summed E-state index contributed by atoms with van der Waals surface area (Å²) in [6, 6.07) is 4.31. The molecule has 5 rings (SSSR count). The van der Waals surface area contributed by atoms with Crippen molar-refractivity contribution < 1.29 is 4.52 Å². The van der Waals surface area contributed by atoms with Gasteiger partial charge < -0.3 is 9.42 Å². The molecule has 1 saturated carbocycles. The molecule has 1 aliphatic carbocycles. The van der Waals surface area contributed by atoms with Crippen molar-refractivity contribution in [1.29, 1.82) is 0 Å². The number of nitrogens with zero attached hydrogens (tertiary/aromatic N) is 8. The number of hydrogen-bond acceptors (Lipinski definition) is 8. The molecule has 3 aromatic rings. The zero-order valence-electron chi connectivity index (χ0n) is 14.1. The van der Waals surface area contributed by atoms with Gasteiger partial charge in [-0.05, 0) is 31.9 Å². The molecule has 0 unspecified atom stereocenters. The fourth-order valence-electron chi connectivity index (χ4n) is 3.42. The molecule has 0 spiro atoms.